The molecular formula is C20H22N2O3. The van der Waals surface area contributed by atoms with Gasteiger partial charge in [-0.05, 0) is 23.6 Å². The summed E-state index contributed by atoms with van der Waals surface area (Å²) in [6.45, 7) is 3.03. The van der Waals surface area contributed by atoms with Gasteiger partial charge in [0.25, 0.3) is 5.91 Å². The van der Waals surface area contributed by atoms with Gasteiger partial charge in [0.1, 0.15) is 5.75 Å². The van der Waals surface area contributed by atoms with Gasteiger partial charge in [0.15, 0.2) is 6.61 Å². The van der Waals surface area contributed by atoms with Gasteiger partial charge in [-0.3, -0.25) is 9.59 Å². The highest BCUT2D eigenvalue weighted by Crippen LogP contribution is 2.31. The molecule has 2 amide bonds. The highest BCUT2D eigenvalue weighted by Gasteiger charge is 2.25. The lowest BCUT2D eigenvalue weighted by atomic mass is 10.0. The van der Waals surface area contributed by atoms with Gasteiger partial charge in [0.05, 0.1) is 5.69 Å². The molecule has 0 saturated carbocycles. The molecule has 1 atom stereocenters. The third kappa shape index (κ3) is 4.18. The van der Waals surface area contributed by atoms with Gasteiger partial charge in [-0.2, -0.15) is 0 Å². The van der Waals surface area contributed by atoms with E-state index >= 15 is 0 Å². The molecule has 0 unspecified atom stereocenters. The van der Waals surface area contributed by atoms with E-state index in [1.807, 2.05) is 42.5 Å². The molecule has 3 rings (SSSR count). The zero-order valence-corrected chi connectivity index (χ0v) is 14.3. The lowest BCUT2D eigenvalue weighted by Crippen LogP contribution is -2.41. The molecule has 0 fully saturated rings. The van der Waals surface area contributed by atoms with Crippen LogP contribution in [0.4, 0.5) is 5.69 Å². The first-order chi connectivity index (χ1) is 12.1. The highest BCUT2D eigenvalue weighted by molar-refractivity contribution is 5.98. The lowest BCUT2D eigenvalue weighted by Gasteiger charge is -2.29. The van der Waals surface area contributed by atoms with Crippen molar-refractivity contribution in [3.8, 4) is 5.75 Å². The van der Waals surface area contributed by atoms with Crippen molar-refractivity contribution in [1.82, 2.24) is 5.32 Å². The van der Waals surface area contributed by atoms with E-state index < -0.39 is 0 Å². The van der Waals surface area contributed by atoms with Gasteiger partial charge in [0, 0.05) is 19.5 Å². The van der Waals surface area contributed by atoms with Crippen molar-refractivity contribution in [3.05, 3.63) is 60.2 Å². The summed E-state index contributed by atoms with van der Waals surface area (Å²) in [7, 11) is 0. The lowest BCUT2D eigenvalue weighted by molar-refractivity contribution is -0.122. The number of carbonyl (C=O) groups is 2. The van der Waals surface area contributed by atoms with Crippen molar-refractivity contribution < 1.29 is 14.3 Å². The molecule has 25 heavy (non-hydrogen) atoms. The summed E-state index contributed by atoms with van der Waals surface area (Å²) < 4.78 is 5.41. The monoisotopic (exact) mass is 338 g/mol. The van der Waals surface area contributed by atoms with Crippen molar-refractivity contribution in [1.29, 1.82) is 0 Å². The molecule has 0 aliphatic carbocycles. The Morgan fingerprint density at radius 1 is 1.16 bits per heavy atom. The van der Waals surface area contributed by atoms with Crippen LogP contribution in [0, 0.1) is 0 Å². The number of fused-ring (bicyclic) bond motifs is 1. The van der Waals surface area contributed by atoms with Crippen LogP contribution in [0.1, 0.15) is 24.8 Å². The molecular weight excluding hydrogens is 316 g/mol. The number of anilines is 1. The molecule has 5 nitrogen and oxygen atoms in total. The van der Waals surface area contributed by atoms with Crippen molar-refractivity contribution in [2.45, 2.75) is 19.3 Å². The molecule has 0 bridgehead atoms. The number of nitrogens with zero attached hydrogens (tertiary/aromatic N) is 1. The van der Waals surface area contributed by atoms with Crippen LogP contribution in [0.2, 0.25) is 0 Å². The first-order valence-electron chi connectivity index (χ1n) is 8.49. The molecule has 0 aromatic heterocycles. The smallest absolute Gasteiger partial charge is 0.265 e. The van der Waals surface area contributed by atoms with Crippen LogP contribution in [0.15, 0.2) is 54.6 Å². The third-order valence-corrected chi connectivity index (χ3v) is 4.34. The Morgan fingerprint density at radius 3 is 2.68 bits per heavy atom. The highest BCUT2D eigenvalue weighted by atomic mass is 16.5. The number of ether oxygens (including phenoxy) is 1. The molecule has 0 radical (unpaired) electrons. The quantitative estimate of drug-likeness (QED) is 0.881. The first kappa shape index (κ1) is 17.0. The molecule has 5 heteroatoms. The minimum Gasteiger partial charge on any atom is -0.482 e. The van der Waals surface area contributed by atoms with E-state index in [1.165, 1.54) is 5.56 Å². The second-order valence-corrected chi connectivity index (χ2v) is 6.17. The van der Waals surface area contributed by atoms with Crippen molar-refractivity contribution in [2.75, 3.05) is 24.6 Å². The Kier molecular flexibility index (Phi) is 5.33. The largest absolute Gasteiger partial charge is 0.482 e. The second-order valence-electron chi connectivity index (χ2n) is 6.17. The minimum atomic E-state index is -0.121. The van der Waals surface area contributed by atoms with Crippen molar-refractivity contribution >= 4 is 17.5 Å². The van der Waals surface area contributed by atoms with Crippen LogP contribution >= 0.6 is 0 Å². The Bertz CT molecular complexity index is 746. The standard InChI is InChI=1S/C20H22N2O3/c1-15(16-7-3-2-4-8-16)13-21-19(23)11-12-22-17-9-5-6-10-18(17)25-14-20(22)24/h2-10,15H,11-14H2,1H3,(H,21,23)/t15-/m1/s1. The van der Waals surface area contributed by atoms with Gasteiger partial charge in [-0.1, -0.05) is 49.4 Å². The minimum absolute atomic E-state index is 0.0175. The van der Waals surface area contributed by atoms with Crippen LogP contribution in [-0.4, -0.2) is 31.5 Å². The van der Waals surface area contributed by atoms with E-state index in [4.69, 9.17) is 4.74 Å². The van der Waals surface area contributed by atoms with Crippen LogP contribution < -0.4 is 15.0 Å². The maximum absolute atomic E-state index is 12.2. The Morgan fingerprint density at radius 2 is 1.88 bits per heavy atom. The van der Waals surface area contributed by atoms with Gasteiger partial charge in [-0.25, -0.2) is 0 Å². The first-order valence-corrected chi connectivity index (χ1v) is 8.49. The van der Waals surface area contributed by atoms with E-state index in [1.54, 1.807) is 4.90 Å². The fraction of sp³-hybridized carbons (Fsp3) is 0.300. The summed E-state index contributed by atoms with van der Waals surface area (Å²) in [6.07, 6.45) is 0.265. The number of carbonyl (C=O) groups excluding carboxylic acids is 2. The van der Waals surface area contributed by atoms with Gasteiger partial charge < -0.3 is 15.0 Å². The van der Waals surface area contributed by atoms with E-state index in [0.717, 1.165) is 5.69 Å². The number of nitrogens with one attached hydrogen (secondary N) is 1. The SMILES string of the molecule is C[C@H](CNC(=O)CCN1C(=O)COc2ccccc21)c1ccccc1. The van der Waals surface area contributed by atoms with Crippen molar-refractivity contribution in [2.24, 2.45) is 0 Å². The topological polar surface area (TPSA) is 58.6 Å². The summed E-state index contributed by atoms with van der Waals surface area (Å²) in [4.78, 5) is 25.9. The average Bonchev–Trinajstić information content (AvgIpc) is 2.66. The van der Waals surface area contributed by atoms with Crippen LogP contribution in [0.5, 0.6) is 5.75 Å². The molecule has 130 valence electrons. The fourth-order valence-electron chi connectivity index (χ4n) is 2.87. The molecule has 0 spiro atoms. The zero-order chi connectivity index (χ0) is 17.6. The molecule has 1 heterocycles. The maximum atomic E-state index is 12.2. The van der Waals surface area contributed by atoms with Crippen molar-refractivity contribution in [3.63, 3.8) is 0 Å². The summed E-state index contributed by atoms with van der Waals surface area (Å²) in [5, 5.41) is 2.95. The van der Waals surface area contributed by atoms with Crippen LogP contribution in [-0.2, 0) is 9.59 Å². The number of hydrogen-bond donors (Lipinski definition) is 1. The molecule has 0 saturated heterocycles. The van der Waals surface area contributed by atoms with Gasteiger partial charge in [-0.15, -0.1) is 0 Å². The second kappa shape index (κ2) is 7.83. The van der Waals surface area contributed by atoms with E-state index in [2.05, 4.69) is 24.4 Å². The molecule has 2 aromatic carbocycles. The molecule has 1 aliphatic rings. The molecule has 2 aromatic rings. The van der Waals surface area contributed by atoms with Gasteiger partial charge in [0.2, 0.25) is 5.91 Å². The normalized spacial score (nSPS) is 14.4. The van der Waals surface area contributed by atoms with Gasteiger partial charge >= 0.3 is 0 Å². The summed E-state index contributed by atoms with van der Waals surface area (Å²) in [6, 6.07) is 17.5. The summed E-state index contributed by atoms with van der Waals surface area (Å²) >= 11 is 0. The summed E-state index contributed by atoms with van der Waals surface area (Å²) in [5.41, 5.74) is 1.92. The number of hydrogen-bond acceptors (Lipinski definition) is 3. The number of benzene rings is 2. The fourth-order valence-corrected chi connectivity index (χ4v) is 2.87. The predicted octanol–water partition coefficient (Wildman–Crippen LogP) is 2.72. The average molecular weight is 338 g/mol. The van der Waals surface area contributed by atoms with E-state index in [-0.39, 0.29) is 30.8 Å². The van der Waals surface area contributed by atoms with Crippen LogP contribution in [0.3, 0.4) is 0 Å². The number of para-hydroxylation sites is 2. The van der Waals surface area contributed by atoms with E-state index in [9.17, 15) is 9.59 Å². The van der Waals surface area contributed by atoms with E-state index in [0.29, 0.717) is 18.8 Å². The Hall–Kier alpha value is -2.82. The Labute approximate surface area is 147 Å². The number of amides is 2. The molecule has 1 aliphatic heterocycles. The maximum Gasteiger partial charge on any atom is 0.265 e. The number of rotatable bonds is 6. The third-order valence-electron chi connectivity index (χ3n) is 4.34. The molecule has 1 N–H and O–H groups in total. The predicted molar refractivity (Wildman–Crippen MR) is 96.8 cm³/mol. The van der Waals surface area contributed by atoms with Crippen LogP contribution in [0.25, 0.3) is 0 Å². The summed E-state index contributed by atoms with van der Waals surface area (Å²) in [5.74, 6) is 0.750. The zero-order valence-electron chi connectivity index (χ0n) is 14.3. The Balaban J connectivity index is 1.52.